The van der Waals surface area contributed by atoms with E-state index in [1.165, 1.54) is 16.9 Å². The Morgan fingerprint density at radius 1 is 1.00 bits per heavy atom. The fraction of sp³-hybridized carbons (Fsp3) is 0.111. The molecule has 24 heavy (non-hydrogen) atoms. The third-order valence-corrected chi connectivity index (χ3v) is 4.58. The Labute approximate surface area is 144 Å². The molecule has 1 aromatic carbocycles. The maximum Gasteiger partial charge on any atom is 0.284 e. The highest BCUT2D eigenvalue weighted by atomic mass is 32.1. The minimum absolute atomic E-state index is 0.446. The van der Waals surface area contributed by atoms with Crippen molar-refractivity contribution in [3.8, 4) is 10.6 Å². The molecular weight excluding hydrogens is 322 g/mol. The lowest BCUT2D eigenvalue weighted by Gasteiger charge is -2.06. The van der Waals surface area contributed by atoms with Gasteiger partial charge in [0.1, 0.15) is 0 Å². The first-order chi connectivity index (χ1) is 11.8. The van der Waals surface area contributed by atoms with E-state index in [1.807, 2.05) is 42.5 Å². The Morgan fingerprint density at radius 3 is 2.62 bits per heavy atom. The fourth-order valence-electron chi connectivity index (χ4n) is 2.30. The fourth-order valence-corrected chi connectivity index (χ4v) is 3.16. The third-order valence-electron chi connectivity index (χ3n) is 3.47. The number of hydroxylamine groups is 1. The monoisotopic (exact) mass is 339 g/mol. The summed E-state index contributed by atoms with van der Waals surface area (Å²) < 4.78 is 0. The van der Waals surface area contributed by atoms with Crippen molar-refractivity contribution in [2.75, 3.05) is 0 Å². The molecule has 0 spiro atoms. The number of benzene rings is 1. The quantitative estimate of drug-likeness (QED) is 0.476. The van der Waals surface area contributed by atoms with Gasteiger partial charge in [0.15, 0.2) is 0 Å². The van der Waals surface area contributed by atoms with Gasteiger partial charge in [0.25, 0.3) is 5.91 Å². The van der Waals surface area contributed by atoms with Crippen molar-refractivity contribution in [1.29, 1.82) is 0 Å². The summed E-state index contributed by atoms with van der Waals surface area (Å²) in [6, 6.07) is 19.5. The van der Waals surface area contributed by atoms with E-state index in [4.69, 9.17) is 5.21 Å². The maximum atomic E-state index is 11.4. The van der Waals surface area contributed by atoms with Crippen molar-refractivity contribution in [2.45, 2.75) is 13.1 Å². The summed E-state index contributed by atoms with van der Waals surface area (Å²) in [6.07, 6.45) is 0. The number of nitrogens with zero attached hydrogens (tertiary/aromatic N) is 1. The van der Waals surface area contributed by atoms with Crippen molar-refractivity contribution in [2.24, 2.45) is 0 Å². The van der Waals surface area contributed by atoms with Crippen LogP contribution in [0.15, 0.2) is 60.7 Å². The van der Waals surface area contributed by atoms with Gasteiger partial charge in [0.2, 0.25) is 0 Å². The molecule has 122 valence electrons. The number of hydrogen-bond donors (Lipinski definition) is 3. The van der Waals surface area contributed by atoms with Crippen molar-refractivity contribution in [1.82, 2.24) is 15.8 Å². The Balaban J connectivity index is 1.65. The average Bonchev–Trinajstić information content (AvgIpc) is 3.12. The van der Waals surface area contributed by atoms with Gasteiger partial charge in [-0.15, -0.1) is 11.3 Å². The van der Waals surface area contributed by atoms with Crippen LogP contribution in [-0.4, -0.2) is 16.1 Å². The molecule has 0 radical (unpaired) electrons. The van der Waals surface area contributed by atoms with E-state index in [-0.39, 0.29) is 0 Å². The van der Waals surface area contributed by atoms with E-state index >= 15 is 0 Å². The molecule has 2 heterocycles. The molecule has 0 saturated carbocycles. The highest BCUT2D eigenvalue weighted by Crippen LogP contribution is 2.26. The Bertz CT molecular complexity index is 818. The van der Waals surface area contributed by atoms with E-state index in [0.29, 0.717) is 11.4 Å². The summed E-state index contributed by atoms with van der Waals surface area (Å²) >= 11 is 1.29. The molecule has 3 rings (SSSR count). The average molecular weight is 339 g/mol. The van der Waals surface area contributed by atoms with Crippen LogP contribution >= 0.6 is 11.3 Å². The zero-order valence-electron chi connectivity index (χ0n) is 12.9. The van der Waals surface area contributed by atoms with Crippen LogP contribution in [0.4, 0.5) is 0 Å². The van der Waals surface area contributed by atoms with Crippen LogP contribution in [0.5, 0.6) is 0 Å². The Morgan fingerprint density at radius 2 is 1.83 bits per heavy atom. The van der Waals surface area contributed by atoms with Gasteiger partial charge in [0, 0.05) is 13.1 Å². The summed E-state index contributed by atoms with van der Waals surface area (Å²) in [6.45, 7) is 1.45. The van der Waals surface area contributed by atoms with Crippen LogP contribution < -0.4 is 10.8 Å². The second-order valence-electron chi connectivity index (χ2n) is 5.21. The summed E-state index contributed by atoms with van der Waals surface area (Å²) in [5.41, 5.74) is 4.62. The summed E-state index contributed by atoms with van der Waals surface area (Å²) in [5, 5.41) is 12.1. The molecule has 0 fully saturated rings. The number of hydrogen-bond acceptors (Lipinski definition) is 5. The van der Waals surface area contributed by atoms with Crippen LogP contribution in [-0.2, 0) is 13.1 Å². The van der Waals surface area contributed by atoms with Crippen molar-refractivity contribution < 1.29 is 10.0 Å². The largest absolute Gasteiger partial charge is 0.307 e. The molecule has 3 aromatic rings. The molecule has 0 saturated heterocycles. The first-order valence-corrected chi connectivity index (χ1v) is 8.33. The van der Waals surface area contributed by atoms with Crippen molar-refractivity contribution >= 4 is 17.2 Å². The summed E-state index contributed by atoms with van der Waals surface area (Å²) in [4.78, 5) is 17.4. The van der Waals surface area contributed by atoms with E-state index in [1.54, 1.807) is 11.5 Å². The van der Waals surface area contributed by atoms with Crippen LogP contribution in [0.3, 0.4) is 0 Å². The number of rotatable bonds is 6. The first kappa shape index (κ1) is 16.3. The lowest BCUT2D eigenvalue weighted by Crippen LogP contribution is -2.16. The standard InChI is InChI=1S/C18H17N3O2S/c22-18(21-23)17-10-9-16(24-17)15-8-4-7-14(20-15)12-19-11-13-5-2-1-3-6-13/h1-10,19,23H,11-12H2,(H,21,22). The van der Waals surface area contributed by atoms with Gasteiger partial charge in [-0.1, -0.05) is 36.4 Å². The second kappa shape index (κ2) is 7.83. The van der Waals surface area contributed by atoms with E-state index < -0.39 is 5.91 Å². The third kappa shape index (κ3) is 4.05. The molecule has 5 nitrogen and oxygen atoms in total. The highest BCUT2D eigenvalue weighted by Gasteiger charge is 2.10. The van der Waals surface area contributed by atoms with Crippen molar-refractivity contribution in [3.63, 3.8) is 0 Å². The number of carbonyl (C=O) groups is 1. The van der Waals surface area contributed by atoms with Crippen LogP contribution in [0.1, 0.15) is 20.9 Å². The number of nitrogens with one attached hydrogen (secondary N) is 2. The van der Waals surface area contributed by atoms with Gasteiger partial charge in [-0.25, -0.2) is 5.48 Å². The second-order valence-corrected chi connectivity index (χ2v) is 6.29. The molecule has 0 aliphatic carbocycles. The van der Waals surface area contributed by atoms with Gasteiger partial charge in [-0.3, -0.25) is 15.0 Å². The molecule has 6 heteroatoms. The molecular formula is C18H17N3O2S. The number of carbonyl (C=O) groups excluding carboxylic acids is 1. The van der Waals surface area contributed by atoms with Gasteiger partial charge >= 0.3 is 0 Å². The predicted octanol–water partition coefficient (Wildman–Crippen LogP) is 3.22. The maximum absolute atomic E-state index is 11.4. The molecule has 0 aliphatic heterocycles. The van der Waals surface area contributed by atoms with E-state index in [0.717, 1.165) is 22.8 Å². The predicted molar refractivity (Wildman–Crippen MR) is 93.8 cm³/mol. The minimum Gasteiger partial charge on any atom is -0.307 e. The number of aromatic nitrogens is 1. The lowest BCUT2D eigenvalue weighted by atomic mass is 10.2. The molecule has 0 unspecified atom stereocenters. The molecule has 3 N–H and O–H groups in total. The van der Waals surface area contributed by atoms with Gasteiger partial charge in [-0.05, 0) is 29.8 Å². The number of thiophene rings is 1. The Kier molecular flexibility index (Phi) is 5.32. The Hall–Kier alpha value is -2.54. The van der Waals surface area contributed by atoms with Gasteiger partial charge < -0.3 is 5.32 Å². The molecule has 0 bridgehead atoms. The minimum atomic E-state index is -0.507. The summed E-state index contributed by atoms with van der Waals surface area (Å²) in [7, 11) is 0. The SMILES string of the molecule is O=C(NO)c1ccc(-c2cccc(CNCc3ccccc3)n2)s1. The van der Waals surface area contributed by atoms with Crippen LogP contribution in [0, 0.1) is 0 Å². The number of pyridine rings is 1. The topological polar surface area (TPSA) is 74.2 Å². The zero-order valence-corrected chi connectivity index (χ0v) is 13.7. The lowest BCUT2D eigenvalue weighted by molar-refractivity contribution is 0.0711. The summed E-state index contributed by atoms with van der Waals surface area (Å²) in [5.74, 6) is -0.507. The highest BCUT2D eigenvalue weighted by molar-refractivity contribution is 7.17. The molecule has 0 atom stereocenters. The molecule has 0 aliphatic rings. The smallest absolute Gasteiger partial charge is 0.284 e. The molecule has 1 amide bonds. The van der Waals surface area contributed by atoms with Gasteiger partial charge in [0.05, 0.1) is 21.1 Å². The van der Waals surface area contributed by atoms with E-state index in [9.17, 15) is 4.79 Å². The first-order valence-electron chi connectivity index (χ1n) is 7.51. The van der Waals surface area contributed by atoms with Crippen LogP contribution in [0.2, 0.25) is 0 Å². The van der Waals surface area contributed by atoms with E-state index in [2.05, 4.69) is 22.4 Å². The van der Waals surface area contributed by atoms with Gasteiger partial charge in [-0.2, -0.15) is 0 Å². The van der Waals surface area contributed by atoms with Crippen LogP contribution in [0.25, 0.3) is 10.6 Å². The zero-order chi connectivity index (χ0) is 16.8. The molecule has 2 aromatic heterocycles. The number of amides is 1. The van der Waals surface area contributed by atoms with Crippen molar-refractivity contribution in [3.05, 3.63) is 76.8 Å². The normalized spacial score (nSPS) is 10.5.